The Kier molecular flexibility index (Phi) is 6.97. The lowest BCUT2D eigenvalue weighted by Crippen LogP contribution is -2.52. The Morgan fingerprint density at radius 1 is 1.50 bits per heavy atom. The van der Waals surface area contributed by atoms with Crippen molar-refractivity contribution in [2.75, 3.05) is 19.6 Å². The van der Waals surface area contributed by atoms with Gasteiger partial charge in [0.15, 0.2) is 0 Å². The number of amides is 1. The van der Waals surface area contributed by atoms with Crippen molar-refractivity contribution in [3.63, 3.8) is 0 Å². The van der Waals surface area contributed by atoms with E-state index in [2.05, 4.69) is 16.3 Å². The van der Waals surface area contributed by atoms with E-state index in [4.69, 9.17) is 5.26 Å². The molecular formula is C15H27N3O2. The lowest BCUT2D eigenvalue weighted by molar-refractivity contribution is -0.125. The number of hydrogen-bond donors (Lipinski definition) is 2. The summed E-state index contributed by atoms with van der Waals surface area (Å²) in [4.78, 5) is 13.9. The summed E-state index contributed by atoms with van der Waals surface area (Å²) in [5.74, 6) is 0.370. The topological polar surface area (TPSA) is 76.4 Å². The Bertz CT molecular complexity index is 352. The van der Waals surface area contributed by atoms with E-state index in [9.17, 15) is 9.90 Å². The Hall–Kier alpha value is -1.12. The van der Waals surface area contributed by atoms with Gasteiger partial charge in [-0.2, -0.15) is 5.26 Å². The van der Waals surface area contributed by atoms with Crippen molar-refractivity contribution in [3.05, 3.63) is 0 Å². The van der Waals surface area contributed by atoms with Crippen LogP contribution in [-0.2, 0) is 4.79 Å². The quantitative estimate of drug-likeness (QED) is 0.716. The van der Waals surface area contributed by atoms with Crippen molar-refractivity contribution in [2.45, 2.75) is 52.2 Å². The maximum atomic E-state index is 11.8. The number of hydrogen-bond acceptors (Lipinski definition) is 4. The zero-order valence-electron chi connectivity index (χ0n) is 12.8. The number of aliphatic hydroxyl groups excluding tert-OH is 1. The third kappa shape index (κ3) is 5.48. The van der Waals surface area contributed by atoms with E-state index in [-0.39, 0.29) is 24.0 Å². The van der Waals surface area contributed by atoms with E-state index in [1.54, 1.807) is 0 Å². The largest absolute Gasteiger partial charge is 0.393 e. The predicted octanol–water partition coefficient (Wildman–Crippen LogP) is 1.13. The molecule has 1 fully saturated rings. The highest BCUT2D eigenvalue weighted by molar-refractivity contribution is 5.78. The van der Waals surface area contributed by atoms with E-state index in [0.717, 1.165) is 32.4 Å². The number of nitriles is 1. The fourth-order valence-corrected chi connectivity index (χ4v) is 2.73. The summed E-state index contributed by atoms with van der Waals surface area (Å²) >= 11 is 0. The number of likely N-dealkylation sites (tertiary alicyclic amines) is 1. The highest BCUT2D eigenvalue weighted by Gasteiger charge is 2.29. The van der Waals surface area contributed by atoms with Crippen LogP contribution in [0.4, 0.5) is 0 Å². The van der Waals surface area contributed by atoms with Crippen LogP contribution in [0.15, 0.2) is 0 Å². The molecule has 3 atom stereocenters. The van der Waals surface area contributed by atoms with Gasteiger partial charge in [-0.25, -0.2) is 0 Å². The number of aliphatic hydroxyl groups is 1. The first-order valence-electron chi connectivity index (χ1n) is 7.54. The molecule has 1 heterocycles. The summed E-state index contributed by atoms with van der Waals surface area (Å²) in [6.07, 6.45) is 2.09. The molecule has 3 unspecified atom stereocenters. The average molecular weight is 281 g/mol. The summed E-state index contributed by atoms with van der Waals surface area (Å²) in [6, 6.07) is 2.26. The summed E-state index contributed by atoms with van der Waals surface area (Å²) in [7, 11) is 0. The van der Waals surface area contributed by atoms with E-state index in [1.807, 2.05) is 20.8 Å². The number of nitrogens with zero attached hydrogens (tertiary/aromatic N) is 2. The van der Waals surface area contributed by atoms with Crippen molar-refractivity contribution in [1.29, 1.82) is 5.26 Å². The fraction of sp³-hybridized carbons (Fsp3) is 0.867. The van der Waals surface area contributed by atoms with Crippen molar-refractivity contribution in [2.24, 2.45) is 11.8 Å². The second-order valence-corrected chi connectivity index (χ2v) is 6.11. The molecule has 0 aromatic rings. The molecule has 0 aromatic carbocycles. The minimum absolute atomic E-state index is 0.0268. The molecule has 1 amide bonds. The minimum Gasteiger partial charge on any atom is -0.393 e. The van der Waals surface area contributed by atoms with Crippen molar-refractivity contribution < 1.29 is 9.90 Å². The van der Waals surface area contributed by atoms with Crippen molar-refractivity contribution in [1.82, 2.24) is 10.2 Å². The molecule has 1 aliphatic heterocycles. The normalized spacial score (nSPS) is 25.2. The number of nitrogens with one attached hydrogen (secondary N) is 1. The lowest BCUT2D eigenvalue weighted by Gasteiger charge is -2.37. The first-order chi connectivity index (χ1) is 9.46. The molecule has 5 heteroatoms. The van der Waals surface area contributed by atoms with E-state index >= 15 is 0 Å². The molecule has 114 valence electrons. The van der Waals surface area contributed by atoms with Gasteiger partial charge in [0.25, 0.3) is 0 Å². The smallest absolute Gasteiger partial charge is 0.222 e. The Labute approximate surface area is 122 Å². The van der Waals surface area contributed by atoms with Crippen molar-refractivity contribution in [3.8, 4) is 6.07 Å². The molecule has 0 saturated carbocycles. The summed E-state index contributed by atoms with van der Waals surface area (Å²) < 4.78 is 0. The minimum atomic E-state index is -0.288. The molecule has 0 bridgehead atoms. The lowest BCUT2D eigenvalue weighted by atomic mass is 9.88. The molecule has 0 spiro atoms. The van der Waals surface area contributed by atoms with Crippen LogP contribution in [0.3, 0.4) is 0 Å². The third-order valence-electron chi connectivity index (χ3n) is 3.85. The van der Waals surface area contributed by atoms with Crippen LogP contribution >= 0.6 is 0 Å². The van der Waals surface area contributed by atoms with Gasteiger partial charge in [-0.3, -0.25) is 9.69 Å². The first-order valence-corrected chi connectivity index (χ1v) is 7.54. The zero-order valence-corrected chi connectivity index (χ0v) is 12.8. The van der Waals surface area contributed by atoms with Gasteiger partial charge in [0, 0.05) is 25.0 Å². The molecule has 0 aliphatic carbocycles. The molecule has 2 N–H and O–H groups in total. The van der Waals surface area contributed by atoms with Gasteiger partial charge in [-0.15, -0.1) is 0 Å². The van der Waals surface area contributed by atoms with Crippen LogP contribution in [0, 0.1) is 23.2 Å². The maximum absolute atomic E-state index is 11.8. The van der Waals surface area contributed by atoms with E-state index in [0.29, 0.717) is 12.5 Å². The van der Waals surface area contributed by atoms with Gasteiger partial charge in [0.05, 0.1) is 18.7 Å². The van der Waals surface area contributed by atoms with Gasteiger partial charge < -0.3 is 10.4 Å². The zero-order chi connectivity index (χ0) is 15.1. The van der Waals surface area contributed by atoms with Gasteiger partial charge >= 0.3 is 0 Å². The van der Waals surface area contributed by atoms with Crippen LogP contribution in [0.5, 0.6) is 0 Å². The van der Waals surface area contributed by atoms with Crippen molar-refractivity contribution >= 4 is 5.91 Å². The molecule has 1 aliphatic rings. The molecular weight excluding hydrogens is 254 g/mol. The maximum Gasteiger partial charge on any atom is 0.222 e. The van der Waals surface area contributed by atoms with E-state index < -0.39 is 0 Å². The number of carbonyl (C=O) groups is 1. The van der Waals surface area contributed by atoms with Crippen LogP contribution in [0.2, 0.25) is 0 Å². The molecule has 5 nitrogen and oxygen atoms in total. The SMILES string of the molecule is CCC(O)CC1CC(NC(=O)C(C)C)CN(CC#N)C1. The monoisotopic (exact) mass is 281 g/mol. The average Bonchev–Trinajstić information content (AvgIpc) is 2.38. The first kappa shape index (κ1) is 16.9. The van der Waals surface area contributed by atoms with Gasteiger partial charge in [-0.05, 0) is 25.2 Å². The van der Waals surface area contributed by atoms with Gasteiger partial charge in [0.1, 0.15) is 0 Å². The van der Waals surface area contributed by atoms with Gasteiger partial charge in [-0.1, -0.05) is 20.8 Å². The van der Waals surface area contributed by atoms with Crippen LogP contribution < -0.4 is 5.32 Å². The molecule has 1 rings (SSSR count). The van der Waals surface area contributed by atoms with Crippen LogP contribution in [0.25, 0.3) is 0 Å². The number of carbonyl (C=O) groups excluding carboxylic acids is 1. The Balaban J connectivity index is 2.60. The van der Waals surface area contributed by atoms with Crippen LogP contribution in [-0.4, -0.2) is 47.7 Å². The third-order valence-corrected chi connectivity index (χ3v) is 3.85. The van der Waals surface area contributed by atoms with Gasteiger partial charge in [0.2, 0.25) is 5.91 Å². The second-order valence-electron chi connectivity index (χ2n) is 6.11. The molecule has 20 heavy (non-hydrogen) atoms. The molecule has 0 aromatic heterocycles. The summed E-state index contributed by atoms with van der Waals surface area (Å²) in [5, 5.41) is 21.7. The highest BCUT2D eigenvalue weighted by Crippen LogP contribution is 2.22. The Morgan fingerprint density at radius 3 is 2.75 bits per heavy atom. The van der Waals surface area contributed by atoms with E-state index in [1.165, 1.54) is 0 Å². The summed E-state index contributed by atoms with van der Waals surface area (Å²) in [6.45, 7) is 7.67. The van der Waals surface area contributed by atoms with Crippen LogP contribution in [0.1, 0.15) is 40.0 Å². The Morgan fingerprint density at radius 2 is 2.20 bits per heavy atom. The standard InChI is InChI=1S/C15H27N3O2/c1-4-14(19)8-12-7-13(17-15(20)11(2)3)10-18(9-12)6-5-16/h11-14,19H,4,6-10H2,1-3H3,(H,17,20). The number of rotatable bonds is 6. The fourth-order valence-electron chi connectivity index (χ4n) is 2.73. The highest BCUT2D eigenvalue weighted by atomic mass is 16.3. The summed E-state index contributed by atoms with van der Waals surface area (Å²) in [5.41, 5.74) is 0. The molecule has 1 saturated heterocycles. The molecule has 0 radical (unpaired) electrons. The number of piperidine rings is 1. The predicted molar refractivity (Wildman–Crippen MR) is 77.8 cm³/mol. The second kappa shape index (κ2) is 8.23.